The van der Waals surface area contributed by atoms with Gasteiger partial charge in [-0.15, -0.1) is 0 Å². The average Bonchev–Trinajstić information content (AvgIpc) is 2.21. The van der Waals surface area contributed by atoms with E-state index in [0.717, 1.165) is 11.5 Å². The summed E-state index contributed by atoms with van der Waals surface area (Å²) in [6.07, 6.45) is 2.03. The van der Waals surface area contributed by atoms with Crippen LogP contribution in [-0.2, 0) is 14.3 Å². The molecule has 1 atom stereocenters. The van der Waals surface area contributed by atoms with Gasteiger partial charge in [-0.2, -0.15) is 23.5 Å². The van der Waals surface area contributed by atoms with Crippen LogP contribution in [0.1, 0.15) is 6.92 Å². The van der Waals surface area contributed by atoms with Crippen LogP contribution in [0.3, 0.4) is 0 Å². The number of methoxy groups -OCH3 is 1. The number of hydrogen-bond donors (Lipinski definition) is 1. The van der Waals surface area contributed by atoms with Crippen LogP contribution in [0.5, 0.6) is 0 Å². The van der Waals surface area contributed by atoms with Crippen molar-refractivity contribution < 1.29 is 14.3 Å². The van der Waals surface area contributed by atoms with Gasteiger partial charge in [0.15, 0.2) is 0 Å². The molecule has 0 saturated carbocycles. The zero-order valence-corrected chi connectivity index (χ0v) is 10.9. The van der Waals surface area contributed by atoms with Crippen molar-refractivity contribution >= 4 is 35.4 Å². The quantitative estimate of drug-likeness (QED) is 0.535. The molecule has 0 heterocycles. The van der Waals surface area contributed by atoms with Gasteiger partial charge in [0.05, 0.1) is 7.11 Å². The maximum atomic E-state index is 11.3. The molecule has 0 radical (unpaired) electrons. The summed E-state index contributed by atoms with van der Waals surface area (Å²) in [7, 11) is 1.32. The lowest BCUT2D eigenvalue weighted by Gasteiger charge is -2.14. The SMILES string of the molecule is COC(=O)C(CSCCSC)NC(C)=O. The van der Waals surface area contributed by atoms with Crippen LogP contribution in [0, 0.1) is 0 Å². The number of rotatable bonds is 7. The first kappa shape index (κ1) is 14.6. The minimum absolute atomic E-state index is 0.212. The molecule has 4 nitrogen and oxygen atoms in total. The Morgan fingerprint density at radius 2 is 2.07 bits per heavy atom. The van der Waals surface area contributed by atoms with E-state index >= 15 is 0 Å². The fourth-order valence-electron chi connectivity index (χ4n) is 0.900. The van der Waals surface area contributed by atoms with E-state index in [1.165, 1.54) is 14.0 Å². The van der Waals surface area contributed by atoms with Crippen molar-refractivity contribution in [2.45, 2.75) is 13.0 Å². The Labute approximate surface area is 98.9 Å². The Morgan fingerprint density at radius 3 is 2.53 bits per heavy atom. The molecule has 0 aliphatic rings. The zero-order valence-electron chi connectivity index (χ0n) is 9.24. The van der Waals surface area contributed by atoms with Crippen molar-refractivity contribution in [3.8, 4) is 0 Å². The molecule has 88 valence electrons. The number of hydrogen-bond acceptors (Lipinski definition) is 5. The number of esters is 1. The molecule has 0 aliphatic heterocycles. The molecule has 0 bridgehead atoms. The number of thioether (sulfide) groups is 2. The summed E-state index contributed by atoms with van der Waals surface area (Å²) in [5.41, 5.74) is 0. The molecule has 15 heavy (non-hydrogen) atoms. The predicted octanol–water partition coefficient (Wildman–Crippen LogP) is 0.760. The van der Waals surface area contributed by atoms with Crippen molar-refractivity contribution in [3.63, 3.8) is 0 Å². The van der Waals surface area contributed by atoms with E-state index in [4.69, 9.17) is 0 Å². The molecule has 0 aliphatic carbocycles. The van der Waals surface area contributed by atoms with Gasteiger partial charge in [-0.05, 0) is 6.26 Å². The van der Waals surface area contributed by atoms with Crippen LogP contribution in [0.2, 0.25) is 0 Å². The van der Waals surface area contributed by atoms with Crippen LogP contribution in [0.25, 0.3) is 0 Å². The number of nitrogens with one attached hydrogen (secondary N) is 1. The fraction of sp³-hybridized carbons (Fsp3) is 0.778. The highest BCUT2D eigenvalue weighted by Gasteiger charge is 2.19. The van der Waals surface area contributed by atoms with Gasteiger partial charge in [-0.25, -0.2) is 4.79 Å². The highest BCUT2D eigenvalue weighted by atomic mass is 32.2. The summed E-state index contributed by atoms with van der Waals surface area (Å²) >= 11 is 3.39. The lowest BCUT2D eigenvalue weighted by atomic mass is 10.3. The Hall–Kier alpha value is -0.360. The molecule has 0 aromatic heterocycles. The van der Waals surface area contributed by atoms with Crippen LogP contribution in [0.4, 0.5) is 0 Å². The van der Waals surface area contributed by atoms with E-state index in [0.29, 0.717) is 5.75 Å². The minimum atomic E-state index is -0.528. The van der Waals surface area contributed by atoms with E-state index in [1.807, 2.05) is 6.26 Å². The van der Waals surface area contributed by atoms with Crippen molar-refractivity contribution in [1.82, 2.24) is 5.32 Å². The highest BCUT2D eigenvalue weighted by Crippen LogP contribution is 2.07. The third-order valence-corrected chi connectivity index (χ3v) is 3.51. The van der Waals surface area contributed by atoms with Crippen LogP contribution >= 0.6 is 23.5 Å². The molecule has 1 N–H and O–H groups in total. The molecule has 0 aromatic rings. The molecule has 6 heteroatoms. The second kappa shape index (κ2) is 8.91. The normalized spacial score (nSPS) is 11.9. The number of amides is 1. The number of ether oxygens (including phenoxy) is 1. The molecule has 0 saturated heterocycles. The Bertz CT molecular complexity index is 212. The largest absolute Gasteiger partial charge is 0.467 e. The van der Waals surface area contributed by atoms with Gasteiger partial charge in [0, 0.05) is 24.2 Å². The summed E-state index contributed by atoms with van der Waals surface area (Å²) in [5.74, 6) is 1.97. The van der Waals surface area contributed by atoms with E-state index in [-0.39, 0.29) is 11.9 Å². The number of carbonyl (C=O) groups excluding carboxylic acids is 2. The molecule has 0 fully saturated rings. The first-order valence-corrected chi connectivity index (χ1v) is 7.08. The van der Waals surface area contributed by atoms with E-state index in [1.54, 1.807) is 23.5 Å². The molecule has 0 rings (SSSR count). The van der Waals surface area contributed by atoms with E-state index in [9.17, 15) is 9.59 Å². The van der Waals surface area contributed by atoms with Crippen LogP contribution in [-0.4, -0.2) is 48.5 Å². The molecule has 1 amide bonds. The molecule has 0 aromatic carbocycles. The third-order valence-electron chi connectivity index (χ3n) is 1.58. The second-order valence-electron chi connectivity index (χ2n) is 2.84. The van der Waals surface area contributed by atoms with Crippen molar-refractivity contribution in [1.29, 1.82) is 0 Å². The maximum Gasteiger partial charge on any atom is 0.329 e. The maximum absolute atomic E-state index is 11.3. The van der Waals surface area contributed by atoms with E-state index in [2.05, 4.69) is 10.1 Å². The summed E-state index contributed by atoms with van der Waals surface area (Å²) in [6, 6.07) is -0.528. The topological polar surface area (TPSA) is 55.4 Å². The van der Waals surface area contributed by atoms with E-state index < -0.39 is 6.04 Å². The standard InChI is InChI=1S/C9H17NO3S2/c1-7(11)10-8(9(12)13-2)6-15-5-4-14-3/h8H,4-6H2,1-3H3,(H,10,11). The Kier molecular flexibility index (Phi) is 8.70. The number of carbonyl (C=O) groups is 2. The molecule has 0 spiro atoms. The first-order chi connectivity index (χ1) is 7.11. The van der Waals surface area contributed by atoms with Crippen LogP contribution < -0.4 is 5.32 Å². The molecule has 1 unspecified atom stereocenters. The summed E-state index contributed by atoms with van der Waals surface area (Å²) in [6.45, 7) is 1.39. The fourth-order valence-corrected chi connectivity index (χ4v) is 2.66. The van der Waals surface area contributed by atoms with Gasteiger partial charge < -0.3 is 10.1 Å². The summed E-state index contributed by atoms with van der Waals surface area (Å²) in [5, 5.41) is 2.57. The summed E-state index contributed by atoms with van der Waals surface area (Å²) in [4.78, 5) is 22.1. The highest BCUT2D eigenvalue weighted by molar-refractivity contribution is 8.02. The monoisotopic (exact) mass is 251 g/mol. The van der Waals surface area contributed by atoms with Crippen molar-refractivity contribution in [2.24, 2.45) is 0 Å². The second-order valence-corrected chi connectivity index (χ2v) is 4.98. The first-order valence-electron chi connectivity index (χ1n) is 4.53. The minimum Gasteiger partial charge on any atom is -0.467 e. The zero-order chi connectivity index (χ0) is 11.7. The van der Waals surface area contributed by atoms with Gasteiger partial charge in [0.25, 0.3) is 0 Å². The summed E-state index contributed by atoms with van der Waals surface area (Å²) < 4.78 is 4.60. The smallest absolute Gasteiger partial charge is 0.329 e. The lowest BCUT2D eigenvalue weighted by molar-refractivity contribution is -0.144. The van der Waals surface area contributed by atoms with Gasteiger partial charge in [0.1, 0.15) is 6.04 Å². The predicted molar refractivity (Wildman–Crippen MR) is 65.3 cm³/mol. The third kappa shape index (κ3) is 7.56. The lowest BCUT2D eigenvalue weighted by Crippen LogP contribution is -2.42. The molecular weight excluding hydrogens is 234 g/mol. The Morgan fingerprint density at radius 1 is 1.40 bits per heavy atom. The van der Waals surface area contributed by atoms with Gasteiger partial charge in [-0.1, -0.05) is 0 Å². The van der Waals surface area contributed by atoms with Crippen molar-refractivity contribution in [2.75, 3.05) is 30.6 Å². The Balaban J connectivity index is 3.90. The average molecular weight is 251 g/mol. The van der Waals surface area contributed by atoms with Crippen LogP contribution in [0.15, 0.2) is 0 Å². The van der Waals surface area contributed by atoms with Gasteiger partial charge in [0.2, 0.25) is 5.91 Å². The molecular formula is C9H17NO3S2. The van der Waals surface area contributed by atoms with Crippen molar-refractivity contribution in [3.05, 3.63) is 0 Å². The van der Waals surface area contributed by atoms with Gasteiger partial charge in [-0.3, -0.25) is 4.79 Å². The van der Waals surface area contributed by atoms with Gasteiger partial charge >= 0.3 is 5.97 Å².